The van der Waals surface area contributed by atoms with Gasteiger partial charge in [-0.05, 0) is 58.1 Å². The predicted octanol–water partition coefficient (Wildman–Crippen LogP) is 9.78. The predicted molar refractivity (Wildman–Crippen MR) is 157 cm³/mol. The van der Waals surface area contributed by atoms with Crippen LogP contribution in [0.4, 0.5) is 0 Å². The quantitative estimate of drug-likeness (QED) is 0.241. The van der Waals surface area contributed by atoms with Gasteiger partial charge in [0.25, 0.3) is 0 Å². The molecule has 0 N–H and O–H groups in total. The van der Waals surface area contributed by atoms with Crippen molar-refractivity contribution >= 4 is 21.8 Å². The first-order valence-corrected chi connectivity index (χ1v) is 12.7. The second-order valence-electron chi connectivity index (χ2n) is 9.42. The summed E-state index contributed by atoms with van der Waals surface area (Å²) in [6.45, 7) is 0. The maximum Gasteiger partial charge on any atom is 0.0619 e. The van der Waals surface area contributed by atoms with Gasteiger partial charge in [0, 0.05) is 22.0 Å². The van der Waals surface area contributed by atoms with Crippen molar-refractivity contribution in [2.75, 3.05) is 0 Å². The molecule has 1 nitrogen and oxygen atoms in total. The zero-order chi connectivity index (χ0) is 24.6. The van der Waals surface area contributed by atoms with E-state index in [1.165, 1.54) is 55.2 Å². The highest BCUT2D eigenvalue weighted by atomic mass is 15.0. The van der Waals surface area contributed by atoms with E-state index in [-0.39, 0.29) is 0 Å². The van der Waals surface area contributed by atoms with E-state index >= 15 is 0 Å². The highest BCUT2D eigenvalue weighted by Gasteiger charge is 2.18. The van der Waals surface area contributed by atoms with Crippen LogP contribution in [0.25, 0.3) is 60.9 Å². The highest BCUT2D eigenvalue weighted by molar-refractivity contribution is 6.15. The van der Waals surface area contributed by atoms with E-state index in [0.717, 1.165) is 5.69 Å². The molecule has 0 fully saturated rings. The minimum absolute atomic E-state index is 1.16. The van der Waals surface area contributed by atoms with Gasteiger partial charge < -0.3 is 4.57 Å². The summed E-state index contributed by atoms with van der Waals surface area (Å²) in [4.78, 5) is 0. The molecular weight excluding hydrogens is 446 g/mol. The molecule has 37 heavy (non-hydrogen) atoms. The number of fused-ring (bicyclic) bond motifs is 3. The summed E-state index contributed by atoms with van der Waals surface area (Å²) in [7, 11) is 0. The Morgan fingerprint density at radius 1 is 0.351 bits per heavy atom. The Hall–Kier alpha value is -4.88. The number of aromatic nitrogens is 1. The summed E-state index contributed by atoms with van der Waals surface area (Å²) in [5, 5.41) is 2.53. The van der Waals surface area contributed by atoms with Crippen LogP contribution in [0.3, 0.4) is 0 Å². The van der Waals surface area contributed by atoms with Gasteiger partial charge in [0.15, 0.2) is 0 Å². The number of nitrogens with zero attached hydrogens (tertiary/aromatic N) is 1. The molecule has 6 aromatic carbocycles. The summed E-state index contributed by atoms with van der Waals surface area (Å²) >= 11 is 0. The second-order valence-corrected chi connectivity index (χ2v) is 9.42. The normalized spacial score (nSPS) is 11.2. The third kappa shape index (κ3) is 3.73. The fourth-order valence-electron chi connectivity index (χ4n) is 5.43. The number of rotatable bonds is 4. The molecule has 0 radical (unpaired) electrons. The number of benzene rings is 6. The lowest BCUT2D eigenvalue weighted by Crippen LogP contribution is -1.96. The molecule has 7 rings (SSSR count). The minimum Gasteiger partial charge on any atom is -0.309 e. The van der Waals surface area contributed by atoms with Gasteiger partial charge in [0.1, 0.15) is 0 Å². The molecular formula is C36H25N. The van der Waals surface area contributed by atoms with Gasteiger partial charge in [-0.1, -0.05) is 121 Å². The van der Waals surface area contributed by atoms with Crippen molar-refractivity contribution in [2.45, 2.75) is 0 Å². The molecule has 0 saturated carbocycles. The molecule has 1 heterocycles. The number of hydrogen-bond acceptors (Lipinski definition) is 0. The summed E-state index contributed by atoms with van der Waals surface area (Å²) in [5.41, 5.74) is 11.0. The van der Waals surface area contributed by atoms with Crippen molar-refractivity contribution in [3.05, 3.63) is 152 Å². The number of hydrogen-bond donors (Lipinski definition) is 0. The van der Waals surface area contributed by atoms with Crippen LogP contribution in [0.5, 0.6) is 0 Å². The molecule has 0 spiro atoms. The Kier molecular flexibility index (Phi) is 5.19. The molecule has 0 saturated heterocycles. The van der Waals surface area contributed by atoms with Crippen LogP contribution < -0.4 is 0 Å². The Bertz CT molecular complexity index is 1830. The lowest BCUT2D eigenvalue weighted by molar-refractivity contribution is 1.18. The average molecular weight is 472 g/mol. The topological polar surface area (TPSA) is 4.93 Å². The lowest BCUT2D eigenvalue weighted by atomic mass is 9.95. The summed E-state index contributed by atoms with van der Waals surface area (Å²) in [6.07, 6.45) is 0. The average Bonchev–Trinajstić information content (AvgIpc) is 3.32. The van der Waals surface area contributed by atoms with Crippen molar-refractivity contribution in [2.24, 2.45) is 0 Å². The van der Waals surface area contributed by atoms with Crippen LogP contribution in [-0.4, -0.2) is 4.57 Å². The van der Waals surface area contributed by atoms with Crippen LogP contribution in [-0.2, 0) is 0 Å². The van der Waals surface area contributed by atoms with Gasteiger partial charge in [-0.15, -0.1) is 0 Å². The van der Waals surface area contributed by atoms with E-state index in [2.05, 4.69) is 156 Å². The summed E-state index contributed by atoms with van der Waals surface area (Å²) in [6, 6.07) is 54.4. The monoisotopic (exact) mass is 471 g/mol. The molecule has 0 aliphatic rings. The first kappa shape index (κ1) is 21.4. The largest absolute Gasteiger partial charge is 0.309 e. The SMILES string of the molecule is c1ccc(-c2ccc(-n3c4ccccc4c4cc(-c5ccccc5)cc(-c5ccccc5)c43)cc2)cc1. The van der Waals surface area contributed by atoms with E-state index in [1.807, 2.05) is 0 Å². The second kappa shape index (κ2) is 8.96. The van der Waals surface area contributed by atoms with E-state index in [9.17, 15) is 0 Å². The Labute approximate surface area is 216 Å². The fraction of sp³-hybridized carbons (Fsp3) is 0. The van der Waals surface area contributed by atoms with E-state index < -0.39 is 0 Å². The fourth-order valence-corrected chi connectivity index (χ4v) is 5.43. The first-order valence-electron chi connectivity index (χ1n) is 12.7. The van der Waals surface area contributed by atoms with Crippen molar-refractivity contribution in [3.8, 4) is 39.1 Å². The van der Waals surface area contributed by atoms with Gasteiger partial charge in [0.2, 0.25) is 0 Å². The minimum atomic E-state index is 1.16. The van der Waals surface area contributed by atoms with E-state index in [0.29, 0.717) is 0 Å². The van der Waals surface area contributed by atoms with Crippen LogP contribution in [0.2, 0.25) is 0 Å². The molecule has 1 aromatic heterocycles. The molecule has 0 aliphatic carbocycles. The number of para-hydroxylation sites is 1. The van der Waals surface area contributed by atoms with Crippen LogP contribution in [0, 0.1) is 0 Å². The van der Waals surface area contributed by atoms with Crippen molar-refractivity contribution in [1.29, 1.82) is 0 Å². The van der Waals surface area contributed by atoms with Crippen molar-refractivity contribution in [3.63, 3.8) is 0 Å². The summed E-state index contributed by atoms with van der Waals surface area (Å²) < 4.78 is 2.43. The van der Waals surface area contributed by atoms with Gasteiger partial charge in [-0.2, -0.15) is 0 Å². The maximum atomic E-state index is 2.43. The van der Waals surface area contributed by atoms with E-state index in [1.54, 1.807) is 0 Å². The maximum absolute atomic E-state index is 2.43. The molecule has 0 aliphatic heterocycles. The Morgan fingerprint density at radius 2 is 0.865 bits per heavy atom. The van der Waals surface area contributed by atoms with Crippen LogP contribution in [0.15, 0.2) is 152 Å². The molecule has 0 amide bonds. The first-order chi connectivity index (χ1) is 18.4. The highest BCUT2D eigenvalue weighted by Crippen LogP contribution is 2.41. The van der Waals surface area contributed by atoms with Crippen molar-refractivity contribution < 1.29 is 0 Å². The van der Waals surface area contributed by atoms with Gasteiger partial charge in [-0.25, -0.2) is 0 Å². The Morgan fingerprint density at radius 3 is 1.51 bits per heavy atom. The molecule has 7 aromatic rings. The molecule has 0 atom stereocenters. The molecule has 1 heteroatoms. The molecule has 174 valence electrons. The zero-order valence-corrected chi connectivity index (χ0v) is 20.4. The lowest BCUT2D eigenvalue weighted by Gasteiger charge is -2.14. The van der Waals surface area contributed by atoms with Gasteiger partial charge in [-0.3, -0.25) is 0 Å². The zero-order valence-electron chi connectivity index (χ0n) is 20.4. The third-order valence-corrected chi connectivity index (χ3v) is 7.19. The standard InChI is InChI=1S/C36H25N/c1-4-12-26(13-5-1)28-20-22-31(23-21-28)37-35-19-11-10-18-32(35)34-25-30(27-14-6-2-7-15-27)24-33(36(34)37)29-16-8-3-9-17-29/h1-25H. The molecule has 0 unspecified atom stereocenters. The Balaban J connectivity index is 1.54. The van der Waals surface area contributed by atoms with Crippen LogP contribution >= 0.6 is 0 Å². The summed E-state index contributed by atoms with van der Waals surface area (Å²) in [5.74, 6) is 0. The van der Waals surface area contributed by atoms with E-state index in [4.69, 9.17) is 0 Å². The van der Waals surface area contributed by atoms with Gasteiger partial charge >= 0.3 is 0 Å². The van der Waals surface area contributed by atoms with Crippen LogP contribution in [0.1, 0.15) is 0 Å². The third-order valence-electron chi connectivity index (χ3n) is 7.19. The van der Waals surface area contributed by atoms with Crippen molar-refractivity contribution in [1.82, 2.24) is 4.57 Å². The smallest absolute Gasteiger partial charge is 0.0619 e. The van der Waals surface area contributed by atoms with Gasteiger partial charge in [0.05, 0.1) is 11.0 Å². The molecule has 0 bridgehead atoms.